The summed E-state index contributed by atoms with van der Waals surface area (Å²) < 4.78 is 18.5. The molecule has 7 heteroatoms. The van der Waals surface area contributed by atoms with Gasteiger partial charge in [0.1, 0.15) is 5.82 Å². The normalized spacial score (nSPS) is 19.7. The van der Waals surface area contributed by atoms with Crippen molar-refractivity contribution in [3.05, 3.63) is 59.5 Å². The van der Waals surface area contributed by atoms with Crippen LogP contribution in [0, 0.1) is 11.7 Å². The Balaban J connectivity index is 1.86. The number of aliphatic carboxylic acids is 1. The molecule has 0 saturated carbocycles. The molecule has 1 aliphatic rings. The van der Waals surface area contributed by atoms with Crippen molar-refractivity contribution in [3.8, 4) is 5.88 Å². The highest BCUT2D eigenvalue weighted by atomic mass is 19.1. The number of hydrogen-bond donors (Lipinski definition) is 1. The van der Waals surface area contributed by atoms with E-state index in [1.807, 2.05) is 0 Å². The van der Waals surface area contributed by atoms with Gasteiger partial charge in [0, 0.05) is 36.8 Å². The zero-order valence-electron chi connectivity index (χ0n) is 13.6. The number of methoxy groups -OCH3 is 1. The number of carbonyl (C=O) groups is 2. The number of pyridine rings is 1. The highest BCUT2D eigenvalue weighted by molar-refractivity contribution is 5.95. The number of ether oxygens (including phenoxy) is 1. The van der Waals surface area contributed by atoms with Crippen LogP contribution in [0.25, 0.3) is 0 Å². The molecule has 1 aromatic carbocycles. The molecule has 0 aliphatic carbocycles. The topological polar surface area (TPSA) is 79.7 Å². The quantitative estimate of drug-likeness (QED) is 0.919. The second-order valence-electron chi connectivity index (χ2n) is 5.90. The van der Waals surface area contributed by atoms with Crippen LogP contribution >= 0.6 is 0 Å². The average molecular weight is 344 g/mol. The number of carboxylic acid groups (broad SMARTS) is 1. The summed E-state index contributed by atoms with van der Waals surface area (Å²) in [7, 11) is 1.45. The SMILES string of the molecule is COc1cc(C(=O)N2C[C@@H](C(=O)O)[C@H](c3cccc(F)c3)C2)ccn1. The lowest BCUT2D eigenvalue weighted by Crippen LogP contribution is -2.29. The molecule has 2 heterocycles. The monoisotopic (exact) mass is 344 g/mol. The summed E-state index contributed by atoms with van der Waals surface area (Å²) in [5, 5.41) is 9.50. The Morgan fingerprint density at radius 3 is 2.76 bits per heavy atom. The van der Waals surface area contributed by atoms with E-state index in [1.165, 1.54) is 36.4 Å². The smallest absolute Gasteiger partial charge is 0.308 e. The van der Waals surface area contributed by atoms with Gasteiger partial charge in [0.05, 0.1) is 13.0 Å². The molecule has 3 rings (SSSR count). The largest absolute Gasteiger partial charge is 0.481 e. The van der Waals surface area contributed by atoms with E-state index in [2.05, 4.69) is 4.98 Å². The maximum absolute atomic E-state index is 13.5. The maximum Gasteiger partial charge on any atom is 0.308 e. The summed E-state index contributed by atoms with van der Waals surface area (Å²) in [6.07, 6.45) is 1.46. The van der Waals surface area contributed by atoms with Gasteiger partial charge in [0.2, 0.25) is 5.88 Å². The molecule has 0 bridgehead atoms. The van der Waals surface area contributed by atoms with Crippen molar-refractivity contribution in [1.29, 1.82) is 0 Å². The Labute approximate surface area is 143 Å². The Kier molecular flexibility index (Phi) is 4.65. The molecule has 0 unspecified atom stereocenters. The van der Waals surface area contributed by atoms with Crippen LogP contribution in [-0.2, 0) is 4.79 Å². The number of carboxylic acids is 1. The van der Waals surface area contributed by atoms with E-state index in [9.17, 15) is 19.1 Å². The van der Waals surface area contributed by atoms with Crippen LogP contribution in [0.15, 0.2) is 42.6 Å². The highest BCUT2D eigenvalue weighted by Crippen LogP contribution is 2.34. The van der Waals surface area contributed by atoms with Gasteiger partial charge in [0.25, 0.3) is 5.91 Å². The summed E-state index contributed by atoms with van der Waals surface area (Å²) in [6.45, 7) is 0.282. The third-order valence-corrected chi connectivity index (χ3v) is 4.39. The van der Waals surface area contributed by atoms with Crippen molar-refractivity contribution in [2.75, 3.05) is 20.2 Å². The Hall–Kier alpha value is -2.96. The predicted octanol–water partition coefficient (Wildman–Crippen LogP) is 2.17. The summed E-state index contributed by atoms with van der Waals surface area (Å²) in [4.78, 5) is 29.7. The molecule has 1 fully saturated rings. The molecule has 6 nitrogen and oxygen atoms in total. The molecule has 1 aliphatic heterocycles. The number of rotatable bonds is 4. The first-order valence-electron chi connectivity index (χ1n) is 7.77. The van der Waals surface area contributed by atoms with Crippen LogP contribution in [0.4, 0.5) is 4.39 Å². The van der Waals surface area contributed by atoms with E-state index < -0.39 is 23.6 Å². The van der Waals surface area contributed by atoms with Crippen LogP contribution in [0.1, 0.15) is 21.8 Å². The highest BCUT2D eigenvalue weighted by Gasteiger charge is 2.40. The van der Waals surface area contributed by atoms with Crippen LogP contribution in [0.2, 0.25) is 0 Å². The standard InChI is InChI=1S/C18H17FN2O4/c1-25-16-8-12(5-6-20-16)17(22)21-9-14(15(10-21)18(23)24)11-3-2-4-13(19)7-11/h2-8,14-15H,9-10H2,1H3,(H,23,24)/t14-,15+/m0/s1. The van der Waals surface area contributed by atoms with Gasteiger partial charge < -0.3 is 14.7 Å². The predicted molar refractivity (Wildman–Crippen MR) is 87.0 cm³/mol. The minimum Gasteiger partial charge on any atom is -0.481 e. The number of halogens is 1. The molecular weight excluding hydrogens is 327 g/mol. The molecular formula is C18H17FN2O4. The molecule has 1 amide bonds. The number of amides is 1. The van der Waals surface area contributed by atoms with Crippen LogP contribution in [0.5, 0.6) is 5.88 Å². The maximum atomic E-state index is 13.5. The molecule has 1 N–H and O–H groups in total. The van der Waals surface area contributed by atoms with Gasteiger partial charge in [0.15, 0.2) is 0 Å². The van der Waals surface area contributed by atoms with E-state index >= 15 is 0 Å². The van der Waals surface area contributed by atoms with E-state index in [1.54, 1.807) is 18.2 Å². The van der Waals surface area contributed by atoms with Crippen molar-refractivity contribution in [2.45, 2.75) is 5.92 Å². The molecule has 130 valence electrons. The van der Waals surface area contributed by atoms with E-state index in [0.717, 1.165) is 0 Å². The molecule has 0 radical (unpaired) electrons. The van der Waals surface area contributed by atoms with Gasteiger partial charge in [-0.25, -0.2) is 9.37 Å². The van der Waals surface area contributed by atoms with Gasteiger partial charge in [-0.2, -0.15) is 0 Å². The fourth-order valence-corrected chi connectivity index (χ4v) is 3.13. The number of carbonyl (C=O) groups excluding carboxylic acids is 1. The third-order valence-electron chi connectivity index (χ3n) is 4.39. The van der Waals surface area contributed by atoms with Gasteiger partial charge in [-0.05, 0) is 23.8 Å². The van der Waals surface area contributed by atoms with Crippen molar-refractivity contribution in [3.63, 3.8) is 0 Å². The third kappa shape index (κ3) is 3.45. The van der Waals surface area contributed by atoms with Gasteiger partial charge >= 0.3 is 5.97 Å². The van der Waals surface area contributed by atoms with E-state index in [4.69, 9.17) is 4.74 Å². The summed E-state index contributed by atoms with van der Waals surface area (Å²) >= 11 is 0. The minimum absolute atomic E-state index is 0.0694. The Morgan fingerprint density at radius 1 is 1.28 bits per heavy atom. The Bertz CT molecular complexity index is 811. The first kappa shape index (κ1) is 16.9. The van der Waals surface area contributed by atoms with Gasteiger partial charge in [-0.3, -0.25) is 9.59 Å². The van der Waals surface area contributed by atoms with Crippen molar-refractivity contribution >= 4 is 11.9 Å². The molecule has 2 atom stereocenters. The van der Waals surface area contributed by atoms with Crippen LogP contribution in [0.3, 0.4) is 0 Å². The van der Waals surface area contributed by atoms with Crippen LogP contribution < -0.4 is 4.74 Å². The fraction of sp³-hybridized carbons (Fsp3) is 0.278. The second-order valence-corrected chi connectivity index (χ2v) is 5.90. The zero-order valence-corrected chi connectivity index (χ0v) is 13.6. The lowest BCUT2D eigenvalue weighted by Gasteiger charge is -2.17. The molecule has 1 aromatic heterocycles. The zero-order chi connectivity index (χ0) is 18.0. The molecule has 0 spiro atoms. The summed E-state index contributed by atoms with van der Waals surface area (Å²) in [5.41, 5.74) is 0.950. The second kappa shape index (κ2) is 6.88. The average Bonchev–Trinajstić information content (AvgIpc) is 3.07. The van der Waals surface area contributed by atoms with E-state index in [0.29, 0.717) is 17.0 Å². The number of hydrogen-bond acceptors (Lipinski definition) is 4. The van der Waals surface area contributed by atoms with Crippen LogP contribution in [-0.4, -0.2) is 47.1 Å². The number of benzene rings is 1. The van der Waals surface area contributed by atoms with Crippen molar-refractivity contribution in [1.82, 2.24) is 9.88 Å². The van der Waals surface area contributed by atoms with Crippen molar-refractivity contribution < 1.29 is 23.8 Å². The number of likely N-dealkylation sites (tertiary alicyclic amines) is 1. The van der Waals surface area contributed by atoms with Crippen molar-refractivity contribution in [2.24, 2.45) is 5.92 Å². The van der Waals surface area contributed by atoms with E-state index in [-0.39, 0.29) is 19.0 Å². The fourth-order valence-electron chi connectivity index (χ4n) is 3.13. The number of nitrogens with zero attached hydrogens (tertiary/aromatic N) is 2. The number of aromatic nitrogens is 1. The molecule has 1 saturated heterocycles. The Morgan fingerprint density at radius 2 is 2.08 bits per heavy atom. The lowest BCUT2D eigenvalue weighted by atomic mass is 9.89. The van der Waals surface area contributed by atoms with Gasteiger partial charge in [-0.15, -0.1) is 0 Å². The summed E-state index contributed by atoms with van der Waals surface area (Å²) in [5.74, 6) is -2.66. The summed E-state index contributed by atoms with van der Waals surface area (Å²) in [6, 6.07) is 8.92. The van der Waals surface area contributed by atoms with Gasteiger partial charge in [-0.1, -0.05) is 12.1 Å². The molecule has 25 heavy (non-hydrogen) atoms. The first-order chi connectivity index (χ1) is 12.0. The molecule has 2 aromatic rings. The lowest BCUT2D eigenvalue weighted by molar-refractivity contribution is -0.141. The minimum atomic E-state index is -1.00. The first-order valence-corrected chi connectivity index (χ1v) is 7.77.